The first-order valence-corrected chi connectivity index (χ1v) is 4.58. The van der Waals surface area contributed by atoms with Crippen molar-refractivity contribution < 1.29 is 9.59 Å². The largest absolute Gasteiger partial charge is 0.345 e. The van der Waals surface area contributed by atoms with E-state index >= 15 is 0 Å². The summed E-state index contributed by atoms with van der Waals surface area (Å²) in [6.07, 6.45) is 3.83. The fourth-order valence-electron chi connectivity index (χ4n) is 1.15. The molecule has 0 spiro atoms. The minimum Gasteiger partial charge on any atom is -0.345 e. The van der Waals surface area contributed by atoms with E-state index in [0.717, 1.165) is 11.8 Å². The molecular weight excluding hydrogens is 190 g/mol. The summed E-state index contributed by atoms with van der Waals surface area (Å²) in [7, 11) is 3.42. The third-order valence-electron chi connectivity index (χ3n) is 1.93. The molecule has 15 heavy (non-hydrogen) atoms. The predicted molar refractivity (Wildman–Crippen MR) is 59.6 cm³/mol. The van der Waals surface area contributed by atoms with Crippen LogP contribution in [0.4, 0.5) is 0 Å². The molecule has 0 fully saturated rings. The Morgan fingerprint density at radius 1 is 1.20 bits per heavy atom. The monoisotopic (exact) mass is 203 g/mol. The SMILES string of the molecule is CN(C)C(=O)c1ccc(/C=C/C=O)cc1. The van der Waals surface area contributed by atoms with Crippen LogP contribution in [-0.2, 0) is 4.79 Å². The van der Waals surface area contributed by atoms with E-state index in [-0.39, 0.29) is 5.91 Å². The highest BCUT2D eigenvalue weighted by atomic mass is 16.2. The van der Waals surface area contributed by atoms with Gasteiger partial charge in [0.15, 0.2) is 0 Å². The van der Waals surface area contributed by atoms with Gasteiger partial charge < -0.3 is 4.90 Å². The van der Waals surface area contributed by atoms with Gasteiger partial charge >= 0.3 is 0 Å². The second-order valence-electron chi connectivity index (χ2n) is 3.32. The molecule has 0 aromatic heterocycles. The molecule has 3 heteroatoms. The van der Waals surface area contributed by atoms with Crippen LogP contribution in [0.2, 0.25) is 0 Å². The van der Waals surface area contributed by atoms with Gasteiger partial charge in [-0.05, 0) is 23.8 Å². The summed E-state index contributed by atoms with van der Waals surface area (Å²) in [6, 6.07) is 7.09. The number of amides is 1. The normalized spacial score (nSPS) is 10.3. The van der Waals surface area contributed by atoms with Crippen molar-refractivity contribution in [2.45, 2.75) is 0 Å². The summed E-state index contributed by atoms with van der Waals surface area (Å²) < 4.78 is 0. The van der Waals surface area contributed by atoms with Crippen LogP contribution in [-0.4, -0.2) is 31.2 Å². The number of hydrogen-bond donors (Lipinski definition) is 0. The summed E-state index contributed by atoms with van der Waals surface area (Å²) in [5.74, 6) is -0.0269. The molecule has 0 aliphatic heterocycles. The highest BCUT2D eigenvalue weighted by Gasteiger charge is 2.05. The summed E-state index contributed by atoms with van der Waals surface area (Å²) in [6.45, 7) is 0. The van der Waals surface area contributed by atoms with E-state index in [2.05, 4.69) is 0 Å². The van der Waals surface area contributed by atoms with Gasteiger partial charge in [-0.25, -0.2) is 0 Å². The Morgan fingerprint density at radius 3 is 2.27 bits per heavy atom. The summed E-state index contributed by atoms with van der Waals surface area (Å²) >= 11 is 0. The van der Waals surface area contributed by atoms with Crippen molar-refractivity contribution in [2.75, 3.05) is 14.1 Å². The first-order chi connectivity index (χ1) is 7.15. The average Bonchev–Trinajstić information content (AvgIpc) is 2.26. The summed E-state index contributed by atoms with van der Waals surface area (Å²) in [4.78, 5) is 23.1. The quantitative estimate of drug-likeness (QED) is 0.552. The average molecular weight is 203 g/mol. The Kier molecular flexibility index (Phi) is 3.80. The van der Waals surface area contributed by atoms with Gasteiger partial charge in [-0.15, -0.1) is 0 Å². The Hall–Kier alpha value is -1.90. The smallest absolute Gasteiger partial charge is 0.253 e. The van der Waals surface area contributed by atoms with Crippen LogP contribution in [0.3, 0.4) is 0 Å². The molecule has 78 valence electrons. The van der Waals surface area contributed by atoms with Crippen LogP contribution in [0.1, 0.15) is 15.9 Å². The fourth-order valence-corrected chi connectivity index (χ4v) is 1.15. The van der Waals surface area contributed by atoms with E-state index in [9.17, 15) is 9.59 Å². The van der Waals surface area contributed by atoms with Gasteiger partial charge in [0, 0.05) is 19.7 Å². The lowest BCUT2D eigenvalue weighted by molar-refractivity contribution is -0.104. The molecule has 0 bridgehead atoms. The van der Waals surface area contributed by atoms with E-state index in [4.69, 9.17) is 0 Å². The van der Waals surface area contributed by atoms with E-state index in [0.29, 0.717) is 5.56 Å². The fraction of sp³-hybridized carbons (Fsp3) is 0.167. The topological polar surface area (TPSA) is 37.4 Å². The van der Waals surface area contributed by atoms with Gasteiger partial charge in [0.2, 0.25) is 0 Å². The number of benzene rings is 1. The summed E-state index contributed by atoms with van der Waals surface area (Å²) in [5.41, 5.74) is 1.54. The zero-order valence-electron chi connectivity index (χ0n) is 8.81. The molecule has 0 radical (unpaired) electrons. The minimum absolute atomic E-state index is 0.0269. The third-order valence-corrected chi connectivity index (χ3v) is 1.93. The van der Waals surface area contributed by atoms with Crippen molar-refractivity contribution in [1.29, 1.82) is 0 Å². The van der Waals surface area contributed by atoms with Crippen LogP contribution in [0.5, 0.6) is 0 Å². The first-order valence-electron chi connectivity index (χ1n) is 4.58. The Labute approximate surface area is 89.0 Å². The minimum atomic E-state index is -0.0269. The molecule has 0 heterocycles. The van der Waals surface area contributed by atoms with Gasteiger partial charge in [-0.3, -0.25) is 9.59 Å². The third kappa shape index (κ3) is 3.06. The molecule has 0 atom stereocenters. The molecular formula is C12H13NO2. The second kappa shape index (κ2) is 5.10. The van der Waals surface area contributed by atoms with Crippen molar-refractivity contribution in [2.24, 2.45) is 0 Å². The van der Waals surface area contributed by atoms with Crippen molar-refractivity contribution in [3.63, 3.8) is 0 Å². The molecule has 1 amide bonds. The molecule has 0 N–H and O–H groups in total. The molecule has 0 aliphatic rings. The maximum absolute atomic E-state index is 11.5. The standard InChI is InChI=1S/C12H13NO2/c1-13(2)12(15)11-7-5-10(6-8-11)4-3-9-14/h3-9H,1-2H3/b4-3+. The molecule has 0 saturated carbocycles. The number of nitrogens with zero attached hydrogens (tertiary/aromatic N) is 1. The van der Waals surface area contributed by atoms with E-state index in [1.54, 1.807) is 44.4 Å². The van der Waals surface area contributed by atoms with Gasteiger partial charge in [-0.1, -0.05) is 18.2 Å². The van der Waals surface area contributed by atoms with Crippen molar-refractivity contribution >= 4 is 18.3 Å². The number of carbonyl (C=O) groups is 2. The molecule has 1 aromatic carbocycles. The van der Waals surface area contributed by atoms with Gasteiger partial charge in [0.25, 0.3) is 5.91 Å². The number of carbonyl (C=O) groups excluding carboxylic acids is 2. The number of rotatable bonds is 3. The zero-order chi connectivity index (χ0) is 11.3. The maximum atomic E-state index is 11.5. The Morgan fingerprint density at radius 2 is 1.80 bits per heavy atom. The number of allylic oxidation sites excluding steroid dienone is 1. The van der Waals surface area contributed by atoms with E-state index in [1.165, 1.54) is 11.0 Å². The van der Waals surface area contributed by atoms with Crippen LogP contribution < -0.4 is 0 Å². The molecule has 0 unspecified atom stereocenters. The van der Waals surface area contributed by atoms with Gasteiger partial charge in [-0.2, -0.15) is 0 Å². The van der Waals surface area contributed by atoms with Crippen LogP contribution in [0.15, 0.2) is 30.3 Å². The van der Waals surface area contributed by atoms with Gasteiger partial charge in [0.1, 0.15) is 6.29 Å². The molecule has 1 rings (SSSR count). The molecule has 0 aliphatic carbocycles. The Balaban J connectivity index is 2.85. The van der Waals surface area contributed by atoms with Crippen LogP contribution in [0, 0.1) is 0 Å². The number of hydrogen-bond acceptors (Lipinski definition) is 2. The molecule has 1 aromatic rings. The van der Waals surface area contributed by atoms with E-state index < -0.39 is 0 Å². The maximum Gasteiger partial charge on any atom is 0.253 e. The number of aldehydes is 1. The lowest BCUT2D eigenvalue weighted by atomic mass is 10.1. The van der Waals surface area contributed by atoms with E-state index in [1.807, 2.05) is 0 Å². The van der Waals surface area contributed by atoms with Crippen molar-refractivity contribution in [3.8, 4) is 0 Å². The second-order valence-corrected chi connectivity index (χ2v) is 3.32. The van der Waals surface area contributed by atoms with Gasteiger partial charge in [0.05, 0.1) is 0 Å². The Bertz CT molecular complexity index is 377. The van der Waals surface area contributed by atoms with Crippen molar-refractivity contribution in [3.05, 3.63) is 41.5 Å². The van der Waals surface area contributed by atoms with Crippen molar-refractivity contribution in [1.82, 2.24) is 4.90 Å². The first kappa shape index (κ1) is 11.2. The zero-order valence-corrected chi connectivity index (χ0v) is 8.81. The molecule has 0 saturated heterocycles. The molecule has 3 nitrogen and oxygen atoms in total. The highest BCUT2D eigenvalue weighted by molar-refractivity contribution is 5.94. The predicted octanol–water partition coefficient (Wildman–Crippen LogP) is 1.60. The summed E-state index contributed by atoms with van der Waals surface area (Å²) in [5, 5.41) is 0. The highest BCUT2D eigenvalue weighted by Crippen LogP contribution is 2.07. The van der Waals surface area contributed by atoms with Crippen LogP contribution >= 0.6 is 0 Å². The van der Waals surface area contributed by atoms with Crippen LogP contribution in [0.25, 0.3) is 6.08 Å². The lowest BCUT2D eigenvalue weighted by Gasteiger charge is -2.09. The lowest BCUT2D eigenvalue weighted by Crippen LogP contribution is -2.21.